The lowest BCUT2D eigenvalue weighted by atomic mass is 10.1. The number of pyridine rings is 1. The Bertz CT molecular complexity index is 965. The number of rotatable bonds is 6. The summed E-state index contributed by atoms with van der Waals surface area (Å²) in [5.74, 6) is 0.845. The van der Waals surface area contributed by atoms with Crippen molar-refractivity contribution >= 4 is 23.0 Å². The second-order valence-electron chi connectivity index (χ2n) is 6.34. The summed E-state index contributed by atoms with van der Waals surface area (Å²) in [7, 11) is 3.11. The van der Waals surface area contributed by atoms with Crippen molar-refractivity contribution in [2.45, 2.75) is 13.8 Å². The van der Waals surface area contributed by atoms with E-state index in [9.17, 15) is 4.79 Å². The molecule has 6 nitrogen and oxygen atoms in total. The Kier molecular flexibility index (Phi) is 5.79. The predicted molar refractivity (Wildman–Crippen MR) is 111 cm³/mol. The van der Waals surface area contributed by atoms with Crippen LogP contribution in [-0.2, 0) is 0 Å². The van der Waals surface area contributed by atoms with Gasteiger partial charge in [0.15, 0.2) is 0 Å². The normalized spacial score (nSPS) is 10.3. The molecule has 3 aromatic rings. The maximum atomic E-state index is 12.5. The van der Waals surface area contributed by atoms with Gasteiger partial charge in [-0.25, -0.2) is 4.98 Å². The second kappa shape index (κ2) is 8.43. The number of methoxy groups -OCH3 is 2. The molecule has 0 aliphatic heterocycles. The van der Waals surface area contributed by atoms with Crippen LogP contribution in [0.3, 0.4) is 0 Å². The topological polar surface area (TPSA) is 72.5 Å². The monoisotopic (exact) mass is 377 g/mol. The third-order valence-electron chi connectivity index (χ3n) is 4.40. The van der Waals surface area contributed by atoms with Gasteiger partial charge in [-0.2, -0.15) is 0 Å². The standard InChI is InChI=1S/C22H23N3O3/c1-14-6-5-7-15(2)21(14)24-16-8-10-19(23-13-16)22(26)25-18-11-9-17(27-3)12-20(18)28-4/h5-13,24H,1-4H3,(H,25,26). The van der Waals surface area contributed by atoms with Gasteiger partial charge in [-0.1, -0.05) is 18.2 Å². The van der Waals surface area contributed by atoms with Crippen LogP contribution in [-0.4, -0.2) is 25.1 Å². The molecule has 144 valence electrons. The highest BCUT2D eigenvalue weighted by atomic mass is 16.5. The first-order valence-corrected chi connectivity index (χ1v) is 8.84. The van der Waals surface area contributed by atoms with Crippen molar-refractivity contribution < 1.29 is 14.3 Å². The Morgan fingerprint density at radius 2 is 1.71 bits per heavy atom. The number of carbonyl (C=O) groups is 1. The van der Waals surface area contributed by atoms with E-state index in [-0.39, 0.29) is 5.91 Å². The SMILES string of the molecule is COc1ccc(NC(=O)c2ccc(Nc3c(C)cccc3C)cn2)c(OC)c1. The van der Waals surface area contributed by atoms with Crippen molar-refractivity contribution in [3.63, 3.8) is 0 Å². The zero-order valence-electron chi connectivity index (χ0n) is 16.4. The number of anilines is 3. The molecule has 1 aromatic heterocycles. The van der Waals surface area contributed by atoms with Gasteiger partial charge in [0.05, 0.1) is 31.8 Å². The minimum atomic E-state index is -0.318. The Labute approximate surface area is 164 Å². The first-order chi connectivity index (χ1) is 13.5. The first kappa shape index (κ1) is 19.2. The Morgan fingerprint density at radius 3 is 2.32 bits per heavy atom. The summed E-state index contributed by atoms with van der Waals surface area (Å²) in [6.07, 6.45) is 1.64. The number of aryl methyl sites for hydroxylation is 2. The van der Waals surface area contributed by atoms with Crippen LogP contribution >= 0.6 is 0 Å². The summed E-state index contributed by atoms with van der Waals surface area (Å²) in [5.41, 5.74) is 5.01. The maximum Gasteiger partial charge on any atom is 0.274 e. The molecule has 2 aromatic carbocycles. The number of benzene rings is 2. The number of ether oxygens (including phenoxy) is 2. The molecule has 0 aliphatic rings. The highest BCUT2D eigenvalue weighted by molar-refractivity contribution is 6.03. The fourth-order valence-electron chi connectivity index (χ4n) is 2.85. The summed E-state index contributed by atoms with van der Waals surface area (Å²) >= 11 is 0. The van der Waals surface area contributed by atoms with Crippen LogP contribution in [0.15, 0.2) is 54.7 Å². The van der Waals surface area contributed by atoms with Crippen LogP contribution in [0, 0.1) is 13.8 Å². The average molecular weight is 377 g/mol. The molecule has 0 bridgehead atoms. The highest BCUT2D eigenvalue weighted by Crippen LogP contribution is 2.29. The Morgan fingerprint density at radius 1 is 0.964 bits per heavy atom. The quantitative estimate of drug-likeness (QED) is 0.651. The fraction of sp³-hybridized carbons (Fsp3) is 0.182. The molecule has 0 saturated heterocycles. The molecule has 0 atom stereocenters. The van der Waals surface area contributed by atoms with Gasteiger partial charge in [-0.3, -0.25) is 4.79 Å². The van der Waals surface area contributed by atoms with Gasteiger partial charge in [0.2, 0.25) is 0 Å². The summed E-state index contributed by atoms with van der Waals surface area (Å²) in [6, 6.07) is 14.8. The smallest absolute Gasteiger partial charge is 0.274 e. The van der Waals surface area contributed by atoms with Crippen molar-refractivity contribution in [3.05, 3.63) is 71.5 Å². The maximum absolute atomic E-state index is 12.5. The molecule has 0 radical (unpaired) electrons. The lowest BCUT2D eigenvalue weighted by Crippen LogP contribution is -2.14. The van der Waals surface area contributed by atoms with E-state index in [1.807, 2.05) is 38.1 Å². The van der Waals surface area contributed by atoms with Gasteiger partial charge < -0.3 is 20.1 Å². The van der Waals surface area contributed by atoms with E-state index in [1.54, 1.807) is 37.6 Å². The molecule has 0 fully saturated rings. The molecule has 0 unspecified atom stereocenters. The lowest BCUT2D eigenvalue weighted by molar-refractivity contribution is 0.102. The van der Waals surface area contributed by atoms with Crippen LogP contribution in [0.4, 0.5) is 17.1 Å². The molecular weight excluding hydrogens is 354 g/mol. The van der Waals surface area contributed by atoms with Gasteiger partial charge in [0, 0.05) is 11.8 Å². The molecular formula is C22H23N3O3. The van der Waals surface area contributed by atoms with E-state index >= 15 is 0 Å². The number of nitrogens with one attached hydrogen (secondary N) is 2. The largest absolute Gasteiger partial charge is 0.497 e. The zero-order valence-corrected chi connectivity index (χ0v) is 16.4. The second-order valence-corrected chi connectivity index (χ2v) is 6.34. The van der Waals surface area contributed by atoms with Gasteiger partial charge in [-0.05, 0) is 49.2 Å². The van der Waals surface area contributed by atoms with E-state index in [4.69, 9.17) is 9.47 Å². The third-order valence-corrected chi connectivity index (χ3v) is 4.40. The molecule has 0 spiro atoms. The van der Waals surface area contributed by atoms with Gasteiger partial charge in [0.1, 0.15) is 17.2 Å². The lowest BCUT2D eigenvalue weighted by Gasteiger charge is -2.13. The number of nitrogens with zero attached hydrogens (tertiary/aromatic N) is 1. The van der Waals surface area contributed by atoms with Crippen LogP contribution < -0.4 is 20.1 Å². The minimum absolute atomic E-state index is 0.310. The minimum Gasteiger partial charge on any atom is -0.497 e. The van der Waals surface area contributed by atoms with E-state index in [0.29, 0.717) is 22.9 Å². The Balaban J connectivity index is 1.74. The molecule has 6 heteroatoms. The van der Waals surface area contributed by atoms with Gasteiger partial charge >= 0.3 is 0 Å². The number of amides is 1. The van der Waals surface area contributed by atoms with Crippen molar-refractivity contribution in [1.82, 2.24) is 4.98 Å². The van der Waals surface area contributed by atoms with E-state index in [1.165, 1.54) is 7.11 Å². The molecule has 3 rings (SSSR count). The number of para-hydroxylation sites is 1. The van der Waals surface area contributed by atoms with Crippen LogP contribution in [0.5, 0.6) is 11.5 Å². The van der Waals surface area contributed by atoms with Crippen LogP contribution in [0.2, 0.25) is 0 Å². The molecule has 1 heterocycles. The van der Waals surface area contributed by atoms with Crippen molar-refractivity contribution in [1.29, 1.82) is 0 Å². The zero-order chi connectivity index (χ0) is 20.1. The number of carbonyl (C=O) groups excluding carboxylic acids is 1. The summed E-state index contributed by atoms with van der Waals surface area (Å²) in [5, 5.41) is 6.17. The van der Waals surface area contributed by atoms with Crippen molar-refractivity contribution in [2.75, 3.05) is 24.9 Å². The average Bonchev–Trinajstić information content (AvgIpc) is 2.71. The first-order valence-electron chi connectivity index (χ1n) is 8.84. The van der Waals surface area contributed by atoms with E-state index < -0.39 is 0 Å². The van der Waals surface area contributed by atoms with Crippen molar-refractivity contribution in [3.8, 4) is 11.5 Å². The van der Waals surface area contributed by atoms with E-state index in [0.717, 1.165) is 22.5 Å². The summed E-state index contributed by atoms with van der Waals surface area (Å²) in [4.78, 5) is 16.8. The molecule has 0 saturated carbocycles. The van der Waals surface area contributed by atoms with Crippen LogP contribution in [0.25, 0.3) is 0 Å². The van der Waals surface area contributed by atoms with Gasteiger partial charge in [0.25, 0.3) is 5.91 Å². The number of hydrogen-bond acceptors (Lipinski definition) is 5. The van der Waals surface area contributed by atoms with Crippen molar-refractivity contribution in [2.24, 2.45) is 0 Å². The molecule has 2 N–H and O–H groups in total. The van der Waals surface area contributed by atoms with Crippen LogP contribution in [0.1, 0.15) is 21.6 Å². The summed E-state index contributed by atoms with van der Waals surface area (Å²) in [6.45, 7) is 4.10. The van der Waals surface area contributed by atoms with E-state index in [2.05, 4.69) is 15.6 Å². The molecule has 28 heavy (non-hydrogen) atoms. The highest BCUT2D eigenvalue weighted by Gasteiger charge is 2.12. The Hall–Kier alpha value is -3.54. The third kappa shape index (κ3) is 4.23. The molecule has 0 aliphatic carbocycles. The number of hydrogen-bond donors (Lipinski definition) is 2. The predicted octanol–water partition coefficient (Wildman–Crippen LogP) is 4.71. The molecule has 1 amide bonds. The fourth-order valence-corrected chi connectivity index (χ4v) is 2.85. The van der Waals surface area contributed by atoms with Gasteiger partial charge in [-0.15, -0.1) is 0 Å². The number of aromatic nitrogens is 1. The summed E-state index contributed by atoms with van der Waals surface area (Å²) < 4.78 is 10.5.